The molecule has 0 amide bonds. The molecule has 0 aliphatic heterocycles. The minimum Gasteiger partial charge on any atom is -0.346 e. The van der Waals surface area contributed by atoms with Gasteiger partial charge in [0.15, 0.2) is 0 Å². The van der Waals surface area contributed by atoms with E-state index in [0.29, 0.717) is 13.2 Å². The lowest BCUT2D eigenvalue weighted by molar-refractivity contribution is -0.0873. The minimum absolute atomic E-state index is 0.421. The molecule has 0 atom stereocenters. The summed E-state index contributed by atoms with van der Waals surface area (Å²) in [4.78, 5) is 17.3. The molecule has 0 aromatic carbocycles. The molecular weight excluding hydrogens is 155 g/mol. The molecule has 0 radical (unpaired) electrons. The first-order chi connectivity index (χ1) is 4.72. The van der Waals surface area contributed by atoms with Crippen molar-refractivity contribution in [3.8, 4) is 0 Å². The Morgan fingerprint density at radius 1 is 1.20 bits per heavy atom. The van der Waals surface area contributed by atoms with Gasteiger partial charge in [0.25, 0.3) is 0 Å². The fourth-order valence-electron chi connectivity index (χ4n) is 0.467. The van der Waals surface area contributed by atoms with Crippen molar-refractivity contribution >= 4 is 8.38 Å². The monoisotopic (exact) mass is 168 g/mol. The third-order valence-electron chi connectivity index (χ3n) is 0.807. The molecule has 0 saturated carbocycles. The van der Waals surface area contributed by atoms with Gasteiger partial charge in [0.1, 0.15) is 0 Å². The number of hydrogen-bond acceptors (Lipinski definition) is 4. The van der Waals surface area contributed by atoms with Gasteiger partial charge in [-0.2, -0.15) is 0 Å². The van der Waals surface area contributed by atoms with E-state index < -0.39 is 14.4 Å². The van der Waals surface area contributed by atoms with Crippen molar-refractivity contribution in [2.45, 2.75) is 19.9 Å². The standard InChI is InChI=1S/C5H13O4P/c1-3-8-5(9-4-2)10(6)7/h5-7H,3-4H2,1-2H3. The maximum atomic E-state index is 8.64. The smallest absolute Gasteiger partial charge is 0.228 e. The quantitative estimate of drug-likeness (QED) is 0.467. The second-order valence-corrected chi connectivity index (χ2v) is 2.60. The van der Waals surface area contributed by atoms with Crippen LogP contribution in [-0.4, -0.2) is 29.0 Å². The Balaban J connectivity index is 3.50. The lowest BCUT2D eigenvalue weighted by Crippen LogP contribution is -2.14. The van der Waals surface area contributed by atoms with Crippen LogP contribution in [-0.2, 0) is 9.47 Å². The van der Waals surface area contributed by atoms with Gasteiger partial charge in [-0.05, 0) is 13.8 Å². The van der Waals surface area contributed by atoms with Crippen LogP contribution < -0.4 is 0 Å². The largest absolute Gasteiger partial charge is 0.346 e. The fourth-order valence-corrected chi connectivity index (χ4v) is 1.03. The molecule has 62 valence electrons. The highest BCUT2D eigenvalue weighted by atomic mass is 31.2. The molecule has 0 aromatic rings. The van der Waals surface area contributed by atoms with Crippen LogP contribution in [0.1, 0.15) is 13.8 Å². The SMILES string of the molecule is CCOC(OCC)P(O)O. The Labute approximate surface area is 61.7 Å². The molecule has 0 spiro atoms. The van der Waals surface area contributed by atoms with E-state index in [0.717, 1.165) is 0 Å². The van der Waals surface area contributed by atoms with Crippen molar-refractivity contribution in [2.24, 2.45) is 0 Å². The maximum Gasteiger partial charge on any atom is 0.228 e. The maximum absolute atomic E-state index is 8.64. The van der Waals surface area contributed by atoms with Crippen molar-refractivity contribution in [3.63, 3.8) is 0 Å². The van der Waals surface area contributed by atoms with Crippen LogP contribution in [0.2, 0.25) is 0 Å². The molecule has 0 aliphatic rings. The fraction of sp³-hybridized carbons (Fsp3) is 1.00. The summed E-state index contributed by atoms with van der Waals surface area (Å²) in [5.74, 6) is 0. The van der Waals surface area contributed by atoms with E-state index in [4.69, 9.17) is 19.3 Å². The van der Waals surface area contributed by atoms with E-state index in [9.17, 15) is 0 Å². The normalized spacial score (nSPS) is 11.4. The molecular formula is C5H13O4P. The molecule has 10 heavy (non-hydrogen) atoms. The topological polar surface area (TPSA) is 58.9 Å². The summed E-state index contributed by atoms with van der Waals surface area (Å²) in [7, 11) is -2.12. The zero-order chi connectivity index (χ0) is 7.98. The average molecular weight is 168 g/mol. The van der Waals surface area contributed by atoms with Crippen LogP contribution in [0.3, 0.4) is 0 Å². The van der Waals surface area contributed by atoms with Crippen LogP contribution in [0.4, 0.5) is 0 Å². The van der Waals surface area contributed by atoms with Gasteiger partial charge in [0.05, 0.1) is 0 Å². The summed E-state index contributed by atoms with van der Waals surface area (Å²) in [5, 5.41) is 0. The summed E-state index contributed by atoms with van der Waals surface area (Å²) in [5.41, 5.74) is 0. The van der Waals surface area contributed by atoms with E-state index in [1.165, 1.54) is 0 Å². The van der Waals surface area contributed by atoms with Crippen molar-refractivity contribution < 1.29 is 19.3 Å². The molecule has 0 aromatic heterocycles. The van der Waals surface area contributed by atoms with E-state index >= 15 is 0 Å². The van der Waals surface area contributed by atoms with Crippen LogP contribution in [0.25, 0.3) is 0 Å². The first-order valence-corrected chi connectivity index (χ1v) is 4.44. The van der Waals surface area contributed by atoms with Gasteiger partial charge in [0.2, 0.25) is 14.4 Å². The van der Waals surface area contributed by atoms with Gasteiger partial charge in [-0.1, -0.05) is 0 Å². The van der Waals surface area contributed by atoms with Crippen LogP contribution in [0, 0.1) is 0 Å². The molecule has 0 bridgehead atoms. The second-order valence-electron chi connectivity index (χ2n) is 1.54. The molecule has 0 fully saturated rings. The van der Waals surface area contributed by atoms with E-state index in [1.54, 1.807) is 13.8 Å². The van der Waals surface area contributed by atoms with E-state index in [2.05, 4.69) is 0 Å². The summed E-state index contributed by atoms with van der Waals surface area (Å²) in [6, 6.07) is -0.843. The number of rotatable bonds is 5. The van der Waals surface area contributed by atoms with Crippen LogP contribution in [0.15, 0.2) is 0 Å². The third-order valence-corrected chi connectivity index (χ3v) is 1.48. The first-order valence-electron chi connectivity index (χ1n) is 3.12. The number of ether oxygens (including phenoxy) is 2. The van der Waals surface area contributed by atoms with Gasteiger partial charge in [0, 0.05) is 13.2 Å². The molecule has 0 rings (SSSR count). The summed E-state index contributed by atoms with van der Waals surface area (Å²) < 4.78 is 9.70. The average Bonchev–Trinajstić information content (AvgIpc) is 1.87. The third kappa shape index (κ3) is 4.14. The highest BCUT2D eigenvalue weighted by molar-refractivity contribution is 7.45. The van der Waals surface area contributed by atoms with Gasteiger partial charge >= 0.3 is 0 Å². The Morgan fingerprint density at radius 2 is 1.60 bits per heavy atom. The van der Waals surface area contributed by atoms with Crippen LogP contribution in [0.5, 0.6) is 0 Å². The lowest BCUT2D eigenvalue weighted by Gasteiger charge is -2.16. The molecule has 2 N–H and O–H groups in total. The van der Waals surface area contributed by atoms with Crippen molar-refractivity contribution in [1.82, 2.24) is 0 Å². The first kappa shape index (κ1) is 10.3. The van der Waals surface area contributed by atoms with Gasteiger partial charge < -0.3 is 19.3 Å². The van der Waals surface area contributed by atoms with Crippen molar-refractivity contribution in [2.75, 3.05) is 13.2 Å². The predicted molar refractivity (Wildman–Crippen MR) is 38.4 cm³/mol. The second kappa shape index (κ2) is 6.01. The van der Waals surface area contributed by atoms with Gasteiger partial charge in [-0.25, -0.2) is 0 Å². The molecule has 4 nitrogen and oxygen atoms in total. The Hall–Kier alpha value is 0.270. The highest BCUT2D eigenvalue weighted by Crippen LogP contribution is 2.32. The summed E-state index contributed by atoms with van der Waals surface area (Å²) in [6.07, 6.45) is 0. The van der Waals surface area contributed by atoms with Crippen LogP contribution >= 0.6 is 8.38 Å². The predicted octanol–water partition coefficient (Wildman–Crippen LogP) is 0.639. The molecule has 0 saturated heterocycles. The van der Waals surface area contributed by atoms with Crippen molar-refractivity contribution in [3.05, 3.63) is 0 Å². The van der Waals surface area contributed by atoms with E-state index in [1.807, 2.05) is 0 Å². The van der Waals surface area contributed by atoms with Crippen molar-refractivity contribution in [1.29, 1.82) is 0 Å². The molecule has 0 unspecified atom stereocenters. The highest BCUT2D eigenvalue weighted by Gasteiger charge is 2.16. The zero-order valence-corrected chi connectivity index (χ0v) is 7.04. The van der Waals surface area contributed by atoms with Gasteiger partial charge in [-0.3, -0.25) is 0 Å². The summed E-state index contributed by atoms with van der Waals surface area (Å²) in [6.45, 7) is 4.38. The lowest BCUT2D eigenvalue weighted by atomic mass is 10.9. The molecule has 5 heteroatoms. The Morgan fingerprint density at radius 3 is 1.80 bits per heavy atom. The van der Waals surface area contributed by atoms with E-state index in [-0.39, 0.29) is 0 Å². The molecule has 0 aliphatic carbocycles. The number of hydrogen-bond donors (Lipinski definition) is 2. The zero-order valence-electron chi connectivity index (χ0n) is 6.15. The van der Waals surface area contributed by atoms with Gasteiger partial charge in [-0.15, -0.1) is 0 Å². The Bertz CT molecular complexity index is 72.0. The summed E-state index contributed by atoms with van der Waals surface area (Å²) >= 11 is 0. The Kier molecular flexibility index (Phi) is 6.17. The molecule has 0 heterocycles. The minimum atomic E-state index is -2.12.